The van der Waals surface area contributed by atoms with E-state index in [2.05, 4.69) is 58.7 Å². The van der Waals surface area contributed by atoms with E-state index in [-0.39, 0.29) is 29.3 Å². The van der Waals surface area contributed by atoms with Crippen molar-refractivity contribution in [3.8, 4) is 0 Å². The van der Waals surface area contributed by atoms with E-state index in [1.807, 2.05) is 9.80 Å². The van der Waals surface area contributed by atoms with Crippen LogP contribution in [-0.4, -0.2) is 103 Å². The topological polar surface area (TPSA) is 74.3 Å². The van der Waals surface area contributed by atoms with Gasteiger partial charge in [-0.2, -0.15) is 0 Å². The minimum absolute atomic E-state index is 0.000431. The van der Waals surface area contributed by atoms with Crippen molar-refractivity contribution in [2.24, 2.45) is 23.2 Å². The number of piperidine rings is 2. The molecule has 4 aliphatic heterocycles. The number of hydrogen-bond donors (Lipinski definition) is 1. The first-order chi connectivity index (χ1) is 18.4. The van der Waals surface area contributed by atoms with Crippen LogP contribution in [0.3, 0.4) is 0 Å². The zero-order chi connectivity index (χ0) is 28.4. The van der Waals surface area contributed by atoms with Gasteiger partial charge < -0.3 is 29.5 Å². The maximum Gasteiger partial charge on any atom is 0.245 e. The summed E-state index contributed by atoms with van der Waals surface area (Å²) in [4.78, 5) is 34.0. The van der Waals surface area contributed by atoms with Gasteiger partial charge in [0.25, 0.3) is 0 Å². The molecule has 4 aliphatic rings. The second-order valence-corrected chi connectivity index (χ2v) is 14.4. The van der Waals surface area contributed by atoms with Crippen LogP contribution in [0.25, 0.3) is 0 Å². The Bertz CT molecular complexity index is 832. The van der Waals surface area contributed by atoms with Gasteiger partial charge in [0.1, 0.15) is 6.04 Å². The molecule has 1 spiro atoms. The summed E-state index contributed by atoms with van der Waals surface area (Å²) < 4.78 is 13.1. The van der Waals surface area contributed by atoms with Gasteiger partial charge in [-0.25, -0.2) is 0 Å². The van der Waals surface area contributed by atoms with Crippen molar-refractivity contribution in [1.29, 1.82) is 0 Å². The molecule has 0 radical (unpaired) electrons. The molecule has 3 atom stereocenters. The highest BCUT2D eigenvalue weighted by Crippen LogP contribution is 2.40. The average Bonchev–Trinajstić information content (AvgIpc) is 2.87. The quantitative estimate of drug-likeness (QED) is 0.498. The SMILES string of the molecule is CC(C)C[C@@H]1NCCN([C@@H](CC(C)C)C(=O)N2CCC3(C[C@@H]2C)OCC(C)(CN2CCC(C)CC2)CO3)C1=O. The van der Waals surface area contributed by atoms with E-state index in [1.165, 1.54) is 25.9 Å². The maximum atomic E-state index is 14.1. The fourth-order valence-electron chi connectivity index (χ4n) is 7.03. The van der Waals surface area contributed by atoms with Crippen LogP contribution < -0.4 is 5.32 Å². The van der Waals surface area contributed by atoms with Gasteiger partial charge in [-0.05, 0) is 63.5 Å². The molecule has 2 amide bonds. The zero-order valence-electron chi connectivity index (χ0n) is 25.8. The van der Waals surface area contributed by atoms with Gasteiger partial charge in [0.2, 0.25) is 11.8 Å². The van der Waals surface area contributed by atoms with Crippen LogP contribution in [0, 0.1) is 23.2 Å². The van der Waals surface area contributed by atoms with Gasteiger partial charge in [0.15, 0.2) is 5.79 Å². The first kappa shape index (κ1) is 30.7. The molecular weight excluding hydrogens is 492 g/mol. The van der Waals surface area contributed by atoms with Crippen molar-refractivity contribution in [3.05, 3.63) is 0 Å². The molecule has 0 aromatic rings. The van der Waals surface area contributed by atoms with Gasteiger partial charge in [-0.15, -0.1) is 0 Å². The molecule has 224 valence electrons. The van der Waals surface area contributed by atoms with Crippen LogP contribution in [0.1, 0.15) is 87.0 Å². The van der Waals surface area contributed by atoms with Gasteiger partial charge in [-0.3, -0.25) is 9.59 Å². The summed E-state index contributed by atoms with van der Waals surface area (Å²) in [6.45, 7) is 22.0. The second kappa shape index (κ2) is 12.7. The largest absolute Gasteiger partial charge is 0.349 e. The molecule has 4 heterocycles. The van der Waals surface area contributed by atoms with Crippen molar-refractivity contribution < 1.29 is 19.1 Å². The monoisotopic (exact) mass is 548 g/mol. The lowest BCUT2D eigenvalue weighted by Gasteiger charge is -2.52. The molecule has 39 heavy (non-hydrogen) atoms. The number of hydrogen-bond acceptors (Lipinski definition) is 6. The van der Waals surface area contributed by atoms with Crippen LogP contribution in [0.4, 0.5) is 0 Å². The lowest BCUT2D eigenvalue weighted by atomic mass is 9.87. The third-order valence-electron chi connectivity index (χ3n) is 9.39. The molecule has 8 nitrogen and oxygen atoms in total. The molecule has 0 aromatic carbocycles. The number of likely N-dealkylation sites (tertiary alicyclic amines) is 2. The third kappa shape index (κ3) is 7.55. The van der Waals surface area contributed by atoms with Crippen LogP contribution in [0.5, 0.6) is 0 Å². The number of piperazine rings is 1. The summed E-state index contributed by atoms with van der Waals surface area (Å²) in [5, 5.41) is 3.39. The van der Waals surface area contributed by atoms with Crippen molar-refractivity contribution in [3.63, 3.8) is 0 Å². The molecule has 4 saturated heterocycles. The fraction of sp³-hybridized carbons (Fsp3) is 0.935. The smallest absolute Gasteiger partial charge is 0.245 e. The minimum atomic E-state index is -0.604. The standard InChI is InChI=1S/C31H56N4O4/c1-22(2)16-26-28(36)35(15-11-32-26)27(17-23(3)4)29(37)34-14-10-31(18-25(34)6)38-20-30(7,21-39-31)19-33-12-8-24(5)9-13-33/h22-27,32H,8-21H2,1-7H3/t25-,26-,27-,30?,31?/m0/s1. The molecule has 4 fully saturated rings. The van der Waals surface area contributed by atoms with Gasteiger partial charge in [-0.1, -0.05) is 41.5 Å². The molecule has 0 bridgehead atoms. The Labute approximate surface area is 237 Å². The normalized spacial score (nSPS) is 34.3. The Morgan fingerprint density at radius 1 is 1.03 bits per heavy atom. The van der Waals surface area contributed by atoms with E-state index in [9.17, 15) is 9.59 Å². The van der Waals surface area contributed by atoms with E-state index in [4.69, 9.17) is 9.47 Å². The molecule has 0 aliphatic carbocycles. The van der Waals surface area contributed by atoms with Crippen molar-refractivity contribution in [1.82, 2.24) is 20.0 Å². The fourth-order valence-corrected chi connectivity index (χ4v) is 7.03. The van der Waals surface area contributed by atoms with Gasteiger partial charge in [0.05, 0.1) is 19.3 Å². The second-order valence-electron chi connectivity index (χ2n) is 14.4. The van der Waals surface area contributed by atoms with Crippen LogP contribution in [0.15, 0.2) is 0 Å². The van der Waals surface area contributed by atoms with Crippen LogP contribution in [-0.2, 0) is 19.1 Å². The highest BCUT2D eigenvalue weighted by molar-refractivity contribution is 5.90. The molecule has 8 heteroatoms. The Hall–Kier alpha value is -1.22. The lowest BCUT2D eigenvalue weighted by molar-refractivity contribution is -0.320. The van der Waals surface area contributed by atoms with E-state index < -0.39 is 11.8 Å². The molecule has 0 aromatic heterocycles. The average molecular weight is 549 g/mol. The number of amides is 2. The third-order valence-corrected chi connectivity index (χ3v) is 9.39. The predicted octanol–water partition coefficient (Wildman–Crippen LogP) is 3.74. The summed E-state index contributed by atoms with van der Waals surface area (Å²) in [6, 6.07) is -0.609. The first-order valence-electron chi connectivity index (χ1n) is 15.7. The first-order valence-corrected chi connectivity index (χ1v) is 15.7. The molecular formula is C31H56N4O4. The van der Waals surface area contributed by atoms with E-state index in [1.54, 1.807) is 0 Å². The maximum absolute atomic E-state index is 14.1. The van der Waals surface area contributed by atoms with Crippen molar-refractivity contribution >= 4 is 11.8 Å². The summed E-state index contributed by atoms with van der Waals surface area (Å²) >= 11 is 0. The van der Waals surface area contributed by atoms with E-state index >= 15 is 0 Å². The molecule has 1 N–H and O–H groups in total. The minimum Gasteiger partial charge on any atom is -0.349 e. The molecule has 0 unspecified atom stereocenters. The number of carbonyl (C=O) groups excluding carboxylic acids is 2. The number of nitrogens with one attached hydrogen (secondary N) is 1. The summed E-state index contributed by atoms with van der Waals surface area (Å²) in [5.74, 6) is 1.14. The van der Waals surface area contributed by atoms with Crippen molar-refractivity contribution in [2.75, 3.05) is 52.5 Å². The molecule has 0 saturated carbocycles. The Morgan fingerprint density at radius 2 is 1.69 bits per heavy atom. The van der Waals surface area contributed by atoms with Crippen LogP contribution in [0.2, 0.25) is 0 Å². The van der Waals surface area contributed by atoms with Gasteiger partial charge in [0, 0.05) is 50.5 Å². The highest BCUT2D eigenvalue weighted by Gasteiger charge is 2.49. The van der Waals surface area contributed by atoms with E-state index in [0.717, 1.165) is 25.4 Å². The van der Waals surface area contributed by atoms with Gasteiger partial charge >= 0.3 is 0 Å². The summed E-state index contributed by atoms with van der Waals surface area (Å²) in [7, 11) is 0. The Morgan fingerprint density at radius 3 is 2.28 bits per heavy atom. The van der Waals surface area contributed by atoms with Crippen LogP contribution >= 0.6 is 0 Å². The lowest BCUT2D eigenvalue weighted by Crippen LogP contribution is -2.64. The highest BCUT2D eigenvalue weighted by atomic mass is 16.7. The Kier molecular flexibility index (Phi) is 10.0. The summed E-state index contributed by atoms with van der Waals surface area (Å²) in [5.41, 5.74) is -0.000431. The van der Waals surface area contributed by atoms with E-state index in [0.29, 0.717) is 57.4 Å². The summed E-state index contributed by atoms with van der Waals surface area (Å²) in [6.07, 6.45) is 5.40. The number of ether oxygens (including phenoxy) is 2. The predicted molar refractivity (Wildman–Crippen MR) is 154 cm³/mol. The Balaban J connectivity index is 1.36. The zero-order valence-corrected chi connectivity index (χ0v) is 25.8. The molecule has 4 rings (SSSR count). The number of carbonyl (C=O) groups is 2. The number of nitrogens with zero attached hydrogens (tertiary/aromatic N) is 3. The number of rotatable bonds is 8. The van der Waals surface area contributed by atoms with Crippen molar-refractivity contribution in [2.45, 2.75) is 111 Å².